The second-order valence-electron chi connectivity index (χ2n) is 6.69. The number of hydrogen-bond acceptors (Lipinski definition) is 4. The molecule has 0 atom stereocenters. The number of likely N-dealkylation sites (tertiary alicyclic amines) is 1. The number of ether oxygens (including phenoxy) is 3. The molecule has 0 unspecified atom stereocenters. The van der Waals surface area contributed by atoms with Crippen molar-refractivity contribution in [2.45, 2.75) is 38.9 Å². The molecule has 0 aromatic heterocycles. The first-order valence-electron chi connectivity index (χ1n) is 9.03. The molecular weight excluding hydrogens is 342 g/mol. The Labute approximate surface area is 154 Å². The molecule has 2 aliphatic rings. The van der Waals surface area contributed by atoms with E-state index in [0.717, 1.165) is 43.7 Å². The predicted molar refractivity (Wildman–Crippen MR) is 95.9 cm³/mol. The van der Waals surface area contributed by atoms with Crippen molar-refractivity contribution in [2.75, 3.05) is 32.9 Å². The average molecular weight is 368 g/mol. The van der Waals surface area contributed by atoms with Crippen molar-refractivity contribution in [3.05, 3.63) is 28.8 Å². The van der Waals surface area contributed by atoms with E-state index in [4.69, 9.17) is 25.8 Å². The molecule has 0 bridgehead atoms. The highest BCUT2D eigenvalue weighted by molar-refractivity contribution is 6.30. The lowest BCUT2D eigenvalue weighted by molar-refractivity contribution is -0.137. The van der Waals surface area contributed by atoms with Crippen LogP contribution in [0.15, 0.2) is 18.2 Å². The fourth-order valence-electron chi connectivity index (χ4n) is 3.41. The van der Waals surface area contributed by atoms with Crippen molar-refractivity contribution in [1.29, 1.82) is 0 Å². The topological polar surface area (TPSA) is 48.0 Å². The van der Waals surface area contributed by atoms with Gasteiger partial charge in [-0.15, -0.1) is 0 Å². The van der Waals surface area contributed by atoms with Gasteiger partial charge < -0.3 is 19.1 Å². The van der Waals surface area contributed by atoms with E-state index in [0.29, 0.717) is 37.2 Å². The Bertz CT molecular complexity index is 581. The molecule has 2 aliphatic heterocycles. The Kier molecular flexibility index (Phi) is 6.57. The summed E-state index contributed by atoms with van der Waals surface area (Å²) < 4.78 is 16.9. The van der Waals surface area contributed by atoms with Crippen LogP contribution < -0.4 is 4.74 Å². The molecular formula is C19H26ClNO4. The van der Waals surface area contributed by atoms with Gasteiger partial charge in [-0.3, -0.25) is 4.79 Å². The van der Waals surface area contributed by atoms with Gasteiger partial charge in [0.25, 0.3) is 0 Å². The van der Waals surface area contributed by atoms with Crippen LogP contribution in [0.3, 0.4) is 0 Å². The zero-order valence-corrected chi connectivity index (χ0v) is 15.5. The minimum absolute atomic E-state index is 0.0618. The van der Waals surface area contributed by atoms with E-state index in [1.54, 1.807) is 0 Å². The standard InChI is InChI=1S/C19H26ClNO4/c1-14-13-16(20)4-5-17(14)23-10-2-3-18(22)21-8-6-15(7-9-21)19-24-11-12-25-19/h4-5,13,15,19H,2-3,6-12H2,1H3. The number of rotatable bonds is 6. The van der Waals surface area contributed by atoms with E-state index in [1.807, 2.05) is 30.0 Å². The molecule has 1 aromatic rings. The minimum atomic E-state index is -0.0618. The summed E-state index contributed by atoms with van der Waals surface area (Å²) in [5.74, 6) is 1.46. The van der Waals surface area contributed by atoms with E-state index in [-0.39, 0.29) is 12.2 Å². The van der Waals surface area contributed by atoms with Crippen LogP contribution in [-0.4, -0.2) is 50.0 Å². The van der Waals surface area contributed by atoms with Gasteiger partial charge in [-0.1, -0.05) is 11.6 Å². The number of hydrogen-bond donors (Lipinski definition) is 0. The lowest BCUT2D eigenvalue weighted by Gasteiger charge is -2.33. The summed E-state index contributed by atoms with van der Waals surface area (Å²) in [5.41, 5.74) is 1.01. The molecule has 2 fully saturated rings. The van der Waals surface area contributed by atoms with Crippen LogP contribution in [-0.2, 0) is 14.3 Å². The van der Waals surface area contributed by atoms with E-state index in [9.17, 15) is 4.79 Å². The van der Waals surface area contributed by atoms with Crippen molar-refractivity contribution in [2.24, 2.45) is 5.92 Å². The summed E-state index contributed by atoms with van der Waals surface area (Å²) >= 11 is 5.94. The molecule has 1 aromatic carbocycles. The first kappa shape index (κ1) is 18.5. The smallest absolute Gasteiger partial charge is 0.222 e. The predicted octanol–water partition coefficient (Wildman–Crippen LogP) is 3.42. The van der Waals surface area contributed by atoms with Crippen molar-refractivity contribution in [3.63, 3.8) is 0 Å². The molecule has 1 amide bonds. The van der Waals surface area contributed by atoms with Gasteiger partial charge in [-0.2, -0.15) is 0 Å². The van der Waals surface area contributed by atoms with Crippen LogP contribution in [0.25, 0.3) is 0 Å². The summed E-state index contributed by atoms with van der Waals surface area (Å²) in [6.07, 6.45) is 3.09. The molecule has 3 rings (SSSR count). The van der Waals surface area contributed by atoms with E-state index < -0.39 is 0 Å². The molecule has 138 valence electrons. The van der Waals surface area contributed by atoms with Crippen LogP contribution in [0.4, 0.5) is 0 Å². The van der Waals surface area contributed by atoms with Crippen molar-refractivity contribution in [3.8, 4) is 5.75 Å². The molecule has 0 spiro atoms. The first-order chi connectivity index (χ1) is 12.1. The maximum Gasteiger partial charge on any atom is 0.222 e. The molecule has 6 heteroatoms. The van der Waals surface area contributed by atoms with E-state index in [1.165, 1.54) is 0 Å². The zero-order valence-electron chi connectivity index (χ0n) is 14.7. The quantitative estimate of drug-likeness (QED) is 0.723. The summed E-state index contributed by atoms with van der Waals surface area (Å²) in [7, 11) is 0. The number of nitrogens with zero attached hydrogens (tertiary/aromatic N) is 1. The summed E-state index contributed by atoms with van der Waals surface area (Å²) in [6.45, 7) is 5.48. The zero-order chi connectivity index (χ0) is 17.6. The number of carbonyl (C=O) groups is 1. The van der Waals surface area contributed by atoms with Crippen LogP contribution >= 0.6 is 11.6 Å². The fraction of sp³-hybridized carbons (Fsp3) is 0.632. The summed E-state index contributed by atoms with van der Waals surface area (Å²) in [5, 5.41) is 0.705. The SMILES string of the molecule is Cc1cc(Cl)ccc1OCCCC(=O)N1CCC(C2OCCO2)CC1. The Morgan fingerprint density at radius 3 is 2.68 bits per heavy atom. The highest BCUT2D eigenvalue weighted by atomic mass is 35.5. The maximum atomic E-state index is 12.3. The Morgan fingerprint density at radius 1 is 1.28 bits per heavy atom. The molecule has 25 heavy (non-hydrogen) atoms. The van der Waals surface area contributed by atoms with Gasteiger partial charge in [-0.25, -0.2) is 0 Å². The van der Waals surface area contributed by atoms with Gasteiger partial charge in [0.05, 0.1) is 19.8 Å². The van der Waals surface area contributed by atoms with Crippen LogP contribution in [0.5, 0.6) is 5.75 Å². The van der Waals surface area contributed by atoms with Gasteiger partial charge in [0.1, 0.15) is 5.75 Å². The second-order valence-corrected chi connectivity index (χ2v) is 7.13. The van der Waals surface area contributed by atoms with Crippen LogP contribution in [0, 0.1) is 12.8 Å². The van der Waals surface area contributed by atoms with Crippen molar-refractivity contribution < 1.29 is 19.0 Å². The Balaban J connectivity index is 1.34. The lowest BCUT2D eigenvalue weighted by atomic mass is 9.96. The molecule has 2 saturated heterocycles. The third kappa shape index (κ3) is 5.09. The first-order valence-corrected chi connectivity index (χ1v) is 9.41. The summed E-state index contributed by atoms with van der Waals surface area (Å²) in [4.78, 5) is 14.3. The third-order valence-corrected chi connectivity index (χ3v) is 5.09. The molecule has 0 aliphatic carbocycles. The van der Waals surface area contributed by atoms with Gasteiger partial charge in [-0.05, 0) is 49.9 Å². The lowest BCUT2D eigenvalue weighted by Crippen LogP contribution is -2.41. The minimum Gasteiger partial charge on any atom is -0.493 e. The highest BCUT2D eigenvalue weighted by Gasteiger charge is 2.31. The monoisotopic (exact) mass is 367 g/mol. The van der Waals surface area contributed by atoms with Crippen LogP contribution in [0.1, 0.15) is 31.2 Å². The van der Waals surface area contributed by atoms with Gasteiger partial charge >= 0.3 is 0 Å². The summed E-state index contributed by atoms with van der Waals surface area (Å²) in [6, 6.07) is 5.57. The Hall–Kier alpha value is -1.30. The molecule has 0 N–H and O–H groups in total. The molecule has 2 heterocycles. The number of amides is 1. The largest absolute Gasteiger partial charge is 0.493 e. The average Bonchev–Trinajstić information content (AvgIpc) is 3.15. The van der Waals surface area contributed by atoms with E-state index in [2.05, 4.69) is 0 Å². The van der Waals surface area contributed by atoms with Crippen molar-refractivity contribution in [1.82, 2.24) is 4.90 Å². The molecule has 0 saturated carbocycles. The number of piperidine rings is 1. The van der Waals surface area contributed by atoms with Gasteiger partial charge in [0.15, 0.2) is 6.29 Å². The highest BCUT2D eigenvalue weighted by Crippen LogP contribution is 2.26. The second kappa shape index (κ2) is 8.88. The molecule has 5 nitrogen and oxygen atoms in total. The van der Waals surface area contributed by atoms with Gasteiger partial charge in [0.2, 0.25) is 5.91 Å². The van der Waals surface area contributed by atoms with Crippen LogP contribution in [0.2, 0.25) is 5.02 Å². The van der Waals surface area contributed by atoms with Gasteiger partial charge in [0, 0.05) is 30.5 Å². The number of benzene rings is 1. The maximum absolute atomic E-state index is 12.3. The van der Waals surface area contributed by atoms with E-state index >= 15 is 0 Å². The normalized spacial score (nSPS) is 19.4. The Morgan fingerprint density at radius 2 is 2.00 bits per heavy atom. The fourth-order valence-corrected chi connectivity index (χ4v) is 3.63. The number of halogens is 1. The molecule has 0 radical (unpaired) electrons. The number of carbonyl (C=O) groups excluding carboxylic acids is 1. The third-order valence-electron chi connectivity index (χ3n) is 4.85. The van der Waals surface area contributed by atoms with Crippen molar-refractivity contribution >= 4 is 17.5 Å². The number of aryl methyl sites for hydroxylation is 1.